The Hall–Kier alpha value is -1.88. The van der Waals surface area contributed by atoms with E-state index in [9.17, 15) is 9.59 Å². The van der Waals surface area contributed by atoms with Crippen molar-refractivity contribution in [1.82, 2.24) is 9.97 Å². The molecule has 0 radical (unpaired) electrons. The number of hydrogen-bond donors (Lipinski definition) is 1. The van der Waals surface area contributed by atoms with E-state index >= 15 is 0 Å². The smallest absolute Gasteiger partial charge is 0.251 e. The van der Waals surface area contributed by atoms with Crippen molar-refractivity contribution < 1.29 is 4.79 Å². The molecule has 0 aliphatic rings. The van der Waals surface area contributed by atoms with Gasteiger partial charge in [-0.3, -0.25) is 9.59 Å². The van der Waals surface area contributed by atoms with Crippen molar-refractivity contribution in [3.63, 3.8) is 0 Å². The van der Waals surface area contributed by atoms with Crippen LogP contribution in [0.4, 0.5) is 0 Å². The second kappa shape index (κ2) is 6.05. The molecule has 0 unspecified atom stereocenters. The van der Waals surface area contributed by atoms with Crippen molar-refractivity contribution in [1.29, 1.82) is 0 Å². The molecule has 1 aromatic carbocycles. The van der Waals surface area contributed by atoms with Crippen LogP contribution in [0, 0.1) is 20.8 Å². The summed E-state index contributed by atoms with van der Waals surface area (Å²) in [6.07, 6.45) is 0. The van der Waals surface area contributed by atoms with Gasteiger partial charge in [0.1, 0.15) is 0 Å². The molecule has 2 rings (SSSR count). The number of aromatic amines is 1. The number of H-pyrrole nitrogens is 1. The van der Waals surface area contributed by atoms with Crippen LogP contribution in [0.15, 0.2) is 34.2 Å². The average Bonchev–Trinajstić information content (AvgIpc) is 2.35. The molecule has 104 valence electrons. The van der Waals surface area contributed by atoms with Gasteiger partial charge in [-0.1, -0.05) is 35.5 Å². The van der Waals surface area contributed by atoms with E-state index in [0.717, 1.165) is 16.7 Å². The molecule has 0 spiro atoms. The van der Waals surface area contributed by atoms with Crippen molar-refractivity contribution >= 4 is 17.5 Å². The molecule has 4 nitrogen and oxygen atoms in total. The zero-order valence-electron chi connectivity index (χ0n) is 11.7. The van der Waals surface area contributed by atoms with Crippen LogP contribution in [0.5, 0.6) is 0 Å². The number of carbonyl (C=O) groups is 1. The lowest BCUT2D eigenvalue weighted by atomic mass is 10.0. The highest BCUT2D eigenvalue weighted by Crippen LogP contribution is 2.17. The number of rotatable bonds is 4. The largest absolute Gasteiger partial charge is 0.301 e. The van der Waals surface area contributed by atoms with Crippen LogP contribution in [0.2, 0.25) is 0 Å². The topological polar surface area (TPSA) is 62.8 Å². The lowest BCUT2D eigenvalue weighted by Gasteiger charge is -2.06. The number of aryl methyl sites for hydroxylation is 3. The quantitative estimate of drug-likeness (QED) is 0.534. The van der Waals surface area contributed by atoms with Gasteiger partial charge in [-0.25, -0.2) is 4.98 Å². The Kier molecular flexibility index (Phi) is 4.39. The SMILES string of the molecule is Cc1ccc(C(=O)CSc2nc(C)cc(=O)[nH]2)c(C)c1. The molecule has 1 N–H and O–H groups in total. The first kappa shape index (κ1) is 14.5. The predicted octanol–water partition coefficient (Wildman–Crippen LogP) is 2.67. The molecule has 0 aliphatic heterocycles. The molecule has 0 fully saturated rings. The van der Waals surface area contributed by atoms with Crippen LogP contribution in [0.1, 0.15) is 27.2 Å². The standard InChI is InChI=1S/C15H16N2O2S/c1-9-4-5-12(10(2)6-9)13(18)8-20-15-16-11(3)7-14(19)17-15/h4-7H,8H2,1-3H3,(H,16,17,19). The van der Waals surface area contributed by atoms with E-state index in [0.29, 0.717) is 10.9 Å². The van der Waals surface area contributed by atoms with Crippen molar-refractivity contribution in [3.8, 4) is 0 Å². The van der Waals surface area contributed by atoms with Gasteiger partial charge < -0.3 is 4.98 Å². The number of thioether (sulfide) groups is 1. The zero-order chi connectivity index (χ0) is 14.7. The third-order valence-corrected chi connectivity index (χ3v) is 3.74. The molecule has 1 aromatic heterocycles. The summed E-state index contributed by atoms with van der Waals surface area (Å²) in [7, 11) is 0. The lowest BCUT2D eigenvalue weighted by Crippen LogP contribution is -2.10. The summed E-state index contributed by atoms with van der Waals surface area (Å²) in [4.78, 5) is 30.3. The minimum atomic E-state index is -0.195. The van der Waals surface area contributed by atoms with Crippen molar-refractivity contribution in [2.75, 3.05) is 5.75 Å². The predicted molar refractivity (Wildman–Crippen MR) is 80.6 cm³/mol. The Balaban J connectivity index is 2.10. The third-order valence-electron chi connectivity index (χ3n) is 2.87. The highest BCUT2D eigenvalue weighted by atomic mass is 32.2. The number of ketones is 1. The van der Waals surface area contributed by atoms with Crippen LogP contribution in [-0.2, 0) is 0 Å². The number of carbonyl (C=O) groups excluding carboxylic acids is 1. The highest BCUT2D eigenvalue weighted by molar-refractivity contribution is 7.99. The van der Waals surface area contributed by atoms with E-state index < -0.39 is 0 Å². The molecule has 2 aromatic rings. The van der Waals surface area contributed by atoms with Gasteiger partial charge >= 0.3 is 0 Å². The van der Waals surface area contributed by atoms with Crippen LogP contribution in [-0.4, -0.2) is 21.5 Å². The van der Waals surface area contributed by atoms with Gasteiger partial charge in [-0.2, -0.15) is 0 Å². The van der Waals surface area contributed by atoms with Crippen LogP contribution >= 0.6 is 11.8 Å². The van der Waals surface area contributed by atoms with Gasteiger partial charge in [-0.15, -0.1) is 0 Å². The molecule has 5 heteroatoms. The van der Waals surface area contributed by atoms with E-state index in [4.69, 9.17) is 0 Å². The molecule has 0 saturated carbocycles. The first-order chi connectivity index (χ1) is 9.45. The summed E-state index contributed by atoms with van der Waals surface area (Å²) in [5, 5.41) is 0.480. The summed E-state index contributed by atoms with van der Waals surface area (Å²) in [6, 6.07) is 7.19. The van der Waals surface area contributed by atoms with E-state index in [1.54, 1.807) is 6.92 Å². The Morgan fingerprint density at radius 2 is 2.00 bits per heavy atom. The maximum absolute atomic E-state index is 12.2. The second-order valence-corrected chi connectivity index (χ2v) is 5.69. The maximum atomic E-state index is 12.2. The molecule has 0 saturated heterocycles. The summed E-state index contributed by atoms with van der Waals surface area (Å²) in [5.74, 6) is 0.299. The fraction of sp³-hybridized carbons (Fsp3) is 0.267. The van der Waals surface area contributed by atoms with Gasteiger partial charge in [0.2, 0.25) is 0 Å². The summed E-state index contributed by atoms with van der Waals surface area (Å²) >= 11 is 1.25. The summed E-state index contributed by atoms with van der Waals surface area (Å²) < 4.78 is 0. The zero-order valence-corrected chi connectivity index (χ0v) is 12.5. The number of Topliss-reactive ketones (excluding diaryl/α,β-unsaturated/α-hetero) is 1. The van der Waals surface area contributed by atoms with E-state index in [2.05, 4.69) is 9.97 Å². The average molecular weight is 288 g/mol. The normalized spacial score (nSPS) is 10.6. The van der Waals surface area contributed by atoms with Gasteiger partial charge in [0.05, 0.1) is 5.75 Å². The maximum Gasteiger partial charge on any atom is 0.251 e. The Labute approximate surface area is 121 Å². The number of benzene rings is 1. The summed E-state index contributed by atoms with van der Waals surface area (Å²) in [5.41, 5.74) is 3.28. The minimum absolute atomic E-state index is 0.0386. The van der Waals surface area contributed by atoms with Gasteiger partial charge in [0, 0.05) is 17.3 Å². The molecular formula is C15H16N2O2S. The van der Waals surface area contributed by atoms with Crippen LogP contribution < -0.4 is 5.56 Å². The Bertz CT molecular complexity index is 707. The number of hydrogen-bond acceptors (Lipinski definition) is 4. The minimum Gasteiger partial charge on any atom is -0.301 e. The van der Waals surface area contributed by atoms with E-state index in [-0.39, 0.29) is 17.1 Å². The molecule has 1 heterocycles. The first-order valence-electron chi connectivity index (χ1n) is 6.27. The Morgan fingerprint density at radius 3 is 2.65 bits per heavy atom. The number of aromatic nitrogens is 2. The van der Waals surface area contributed by atoms with E-state index in [1.165, 1.54) is 17.8 Å². The van der Waals surface area contributed by atoms with E-state index in [1.807, 2.05) is 32.0 Å². The molecule has 0 bridgehead atoms. The molecule has 20 heavy (non-hydrogen) atoms. The highest BCUT2D eigenvalue weighted by Gasteiger charge is 2.10. The molecule has 0 aliphatic carbocycles. The fourth-order valence-corrected chi connectivity index (χ4v) is 2.76. The summed E-state index contributed by atoms with van der Waals surface area (Å²) in [6.45, 7) is 5.68. The van der Waals surface area contributed by atoms with Gasteiger partial charge in [0.15, 0.2) is 10.9 Å². The monoisotopic (exact) mass is 288 g/mol. The third kappa shape index (κ3) is 3.57. The van der Waals surface area contributed by atoms with Crippen molar-refractivity contribution in [2.45, 2.75) is 25.9 Å². The van der Waals surface area contributed by atoms with Crippen LogP contribution in [0.3, 0.4) is 0 Å². The second-order valence-electron chi connectivity index (χ2n) is 4.72. The fourth-order valence-electron chi connectivity index (χ4n) is 1.96. The molecular weight excluding hydrogens is 272 g/mol. The van der Waals surface area contributed by atoms with Crippen LogP contribution in [0.25, 0.3) is 0 Å². The molecule has 0 amide bonds. The van der Waals surface area contributed by atoms with Gasteiger partial charge in [-0.05, 0) is 26.3 Å². The first-order valence-corrected chi connectivity index (χ1v) is 7.25. The van der Waals surface area contributed by atoms with Crippen molar-refractivity contribution in [2.24, 2.45) is 0 Å². The Morgan fingerprint density at radius 1 is 1.25 bits per heavy atom. The van der Waals surface area contributed by atoms with Gasteiger partial charge in [0.25, 0.3) is 5.56 Å². The van der Waals surface area contributed by atoms with Crippen molar-refractivity contribution in [3.05, 3.63) is 57.0 Å². The molecule has 0 atom stereocenters. The number of nitrogens with one attached hydrogen (secondary N) is 1. The lowest BCUT2D eigenvalue weighted by molar-refractivity contribution is 0.102. The number of nitrogens with zero attached hydrogens (tertiary/aromatic N) is 1.